The van der Waals surface area contributed by atoms with Crippen LogP contribution in [0.4, 0.5) is 23.2 Å². The van der Waals surface area contributed by atoms with Crippen LogP contribution >= 0.6 is 0 Å². The number of carbonyl (C=O) groups excluding carboxylic acids is 1. The first-order chi connectivity index (χ1) is 15.2. The topological polar surface area (TPSA) is 53.4 Å². The number of aryl methyl sites for hydroxylation is 1. The smallest absolute Gasteiger partial charge is 0.378 e. The summed E-state index contributed by atoms with van der Waals surface area (Å²) in [5, 5.41) is 10.6. The number of hydrogen-bond donors (Lipinski definition) is 1. The number of aliphatic hydroxyl groups excluding tert-OH is 1. The van der Waals surface area contributed by atoms with Crippen molar-refractivity contribution in [3.8, 4) is 0 Å². The van der Waals surface area contributed by atoms with E-state index >= 15 is 0 Å². The lowest BCUT2D eigenvalue weighted by molar-refractivity contribution is -0.137. The fourth-order valence-corrected chi connectivity index (χ4v) is 3.18. The van der Waals surface area contributed by atoms with Crippen LogP contribution in [-0.2, 0) is 23.8 Å². The molecule has 3 rings (SSSR count). The first-order valence-corrected chi connectivity index (χ1v) is 10.0. The molecule has 0 saturated carbocycles. The van der Waals surface area contributed by atoms with Crippen molar-refractivity contribution < 1.29 is 27.5 Å². The third kappa shape index (κ3) is 5.70. The molecule has 1 atom stereocenters. The van der Waals surface area contributed by atoms with E-state index in [4.69, 9.17) is 0 Å². The lowest BCUT2D eigenvalue weighted by Crippen LogP contribution is -2.37. The summed E-state index contributed by atoms with van der Waals surface area (Å²) in [7, 11) is 0. The minimum absolute atomic E-state index is 0.0843. The molecule has 1 amide bonds. The van der Waals surface area contributed by atoms with Gasteiger partial charge in [-0.1, -0.05) is 31.2 Å². The van der Waals surface area contributed by atoms with Crippen molar-refractivity contribution in [2.75, 3.05) is 11.4 Å². The lowest BCUT2D eigenvalue weighted by atomic mass is 10.1. The van der Waals surface area contributed by atoms with Crippen molar-refractivity contribution in [1.29, 1.82) is 0 Å². The third-order valence-corrected chi connectivity index (χ3v) is 5.09. The Morgan fingerprint density at radius 2 is 1.69 bits per heavy atom. The van der Waals surface area contributed by atoms with Crippen molar-refractivity contribution in [2.24, 2.45) is 0 Å². The molecule has 168 valence electrons. The highest BCUT2D eigenvalue weighted by molar-refractivity contribution is 5.97. The molecule has 0 aliphatic carbocycles. The minimum atomic E-state index is -4.48. The molecule has 0 fully saturated rings. The number of pyridine rings is 1. The van der Waals surface area contributed by atoms with Crippen LogP contribution in [0, 0.1) is 5.82 Å². The molecule has 1 N–H and O–H groups in total. The summed E-state index contributed by atoms with van der Waals surface area (Å²) in [5.41, 5.74) is 1.34. The molecule has 32 heavy (non-hydrogen) atoms. The van der Waals surface area contributed by atoms with E-state index < -0.39 is 29.6 Å². The number of nitrogens with zero attached hydrogens (tertiary/aromatic N) is 2. The normalized spacial score (nSPS) is 12.4. The molecule has 0 bridgehead atoms. The van der Waals surface area contributed by atoms with Gasteiger partial charge in [0.25, 0.3) is 5.91 Å². The zero-order valence-corrected chi connectivity index (χ0v) is 17.3. The van der Waals surface area contributed by atoms with Gasteiger partial charge >= 0.3 is 6.18 Å². The van der Waals surface area contributed by atoms with Crippen molar-refractivity contribution in [1.82, 2.24) is 4.98 Å². The molecule has 2 aromatic carbocycles. The van der Waals surface area contributed by atoms with Crippen LogP contribution < -0.4 is 4.90 Å². The molecular formula is C24H22F4N2O2. The number of amides is 1. The van der Waals surface area contributed by atoms with Crippen LogP contribution in [0.15, 0.2) is 66.9 Å². The average molecular weight is 446 g/mol. The summed E-state index contributed by atoms with van der Waals surface area (Å²) in [6, 6.07) is 14.4. The van der Waals surface area contributed by atoms with Gasteiger partial charge < -0.3 is 10.0 Å². The Morgan fingerprint density at radius 1 is 1.03 bits per heavy atom. The quantitative estimate of drug-likeness (QED) is 0.513. The van der Waals surface area contributed by atoms with Gasteiger partial charge in [0.2, 0.25) is 0 Å². The average Bonchev–Trinajstić information content (AvgIpc) is 2.79. The van der Waals surface area contributed by atoms with Gasteiger partial charge in [0.1, 0.15) is 5.82 Å². The fraction of sp³-hybridized carbons (Fsp3) is 0.250. The van der Waals surface area contributed by atoms with Gasteiger partial charge in [-0.25, -0.2) is 4.39 Å². The Kier molecular flexibility index (Phi) is 7.25. The van der Waals surface area contributed by atoms with E-state index in [-0.39, 0.29) is 18.5 Å². The zero-order chi connectivity index (χ0) is 23.3. The maximum Gasteiger partial charge on any atom is 0.417 e. The van der Waals surface area contributed by atoms with Gasteiger partial charge in [-0.2, -0.15) is 13.2 Å². The van der Waals surface area contributed by atoms with Gasteiger partial charge in [0, 0.05) is 30.5 Å². The Bertz CT molecular complexity index is 1030. The second-order valence-electron chi connectivity index (χ2n) is 7.25. The maximum absolute atomic E-state index is 13.2. The van der Waals surface area contributed by atoms with Crippen LogP contribution in [-0.4, -0.2) is 22.5 Å². The summed E-state index contributed by atoms with van der Waals surface area (Å²) < 4.78 is 51.5. The van der Waals surface area contributed by atoms with Crippen LogP contribution in [0.5, 0.6) is 0 Å². The minimum Gasteiger partial charge on any atom is -0.378 e. The third-order valence-electron chi connectivity index (χ3n) is 5.09. The molecule has 0 unspecified atom stereocenters. The molecule has 0 aliphatic heterocycles. The molecule has 1 heterocycles. The number of aromatic nitrogens is 1. The van der Waals surface area contributed by atoms with E-state index in [9.17, 15) is 27.5 Å². The van der Waals surface area contributed by atoms with Crippen LogP contribution in [0.25, 0.3) is 0 Å². The number of aliphatic hydroxyl groups is 1. The first-order valence-electron chi connectivity index (χ1n) is 10.0. The van der Waals surface area contributed by atoms with Gasteiger partial charge in [-0.3, -0.25) is 9.78 Å². The number of halogens is 4. The Morgan fingerprint density at radius 3 is 2.22 bits per heavy atom. The van der Waals surface area contributed by atoms with Gasteiger partial charge in [-0.15, -0.1) is 0 Å². The molecule has 1 aromatic heterocycles. The molecule has 8 heteroatoms. The number of benzene rings is 2. The van der Waals surface area contributed by atoms with E-state index in [1.807, 2.05) is 19.1 Å². The monoisotopic (exact) mass is 446 g/mol. The largest absolute Gasteiger partial charge is 0.417 e. The highest BCUT2D eigenvalue weighted by atomic mass is 19.4. The predicted octanol–water partition coefficient (Wildman–Crippen LogP) is 5.11. The lowest BCUT2D eigenvalue weighted by Gasteiger charge is -2.26. The molecule has 0 saturated heterocycles. The van der Waals surface area contributed by atoms with Crippen molar-refractivity contribution in [3.63, 3.8) is 0 Å². The predicted molar refractivity (Wildman–Crippen MR) is 112 cm³/mol. The fourth-order valence-electron chi connectivity index (χ4n) is 3.18. The summed E-state index contributed by atoms with van der Waals surface area (Å²) in [6.45, 7) is 2.08. The van der Waals surface area contributed by atoms with E-state index in [1.165, 1.54) is 23.1 Å². The maximum atomic E-state index is 13.2. The summed E-state index contributed by atoms with van der Waals surface area (Å²) >= 11 is 0. The van der Waals surface area contributed by atoms with Gasteiger partial charge in [0.15, 0.2) is 6.10 Å². The molecule has 0 radical (unpaired) electrons. The van der Waals surface area contributed by atoms with Crippen molar-refractivity contribution in [2.45, 2.75) is 32.0 Å². The standard InChI is InChI=1S/C24H22F4N2O2/c1-2-16-3-11-21(12-4-16)30(23(32)22(31)17-5-8-19(25)9-6-17)14-13-20-10-7-18(15-29-20)24(26,27)28/h3-12,15,22,31H,2,13-14H2,1H3/t22-/m1/s1. The number of hydrogen-bond acceptors (Lipinski definition) is 3. The molecule has 3 aromatic rings. The van der Waals surface area contributed by atoms with Gasteiger partial charge in [-0.05, 0) is 53.9 Å². The Balaban J connectivity index is 1.83. The van der Waals surface area contributed by atoms with E-state index in [1.54, 1.807) is 12.1 Å². The zero-order valence-electron chi connectivity index (χ0n) is 17.3. The number of carbonyl (C=O) groups is 1. The van der Waals surface area contributed by atoms with Crippen LogP contribution in [0.1, 0.15) is 35.4 Å². The van der Waals surface area contributed by atoms with Crippen molar-refractivity contribution in [3.05, 3.63) is 95.1 Å². The molecule has 0 aliphatic rings. The highest BCUT2D eigenvalue weighted by Crippen LogP contribution is 2.28. The van der Waals surface area contributed by atoms with Crippen LogP contribution in [0.3, 0.4) is 0 Å². The Labute approximate surface area is 183 Å². The second kappa shape index (κ2) is 9.91. The number of anilines is 1. The molecule has 0 spiro atoms. The van der Waals surface area contributed by atoms with Crippen LogP contribution in [0.2, 0.25) is 0 Å². The summed E-state index contributed by atoms with van der Waals surface area (Å²) in [6.07, 6.45) is -4.27. The second-order valence-corrected chi connectivity index (χ2v) is 7.25. The SMILES string of the molecule is CCc1ccc(N(CCc2ccc(C(F)(F)F)cn2)C(=O)[C@H](O)c2ccc(F)cc2)cc1. The molecular weight excluding hydrogens is 424 g/mol. The highest BCUT2D eigenvalue weighted by Gasteiger charge is 2.31. The van der Waals surface area contributed by atoms with E-state index in [0.29, 0.717) is 11.4 Å². The van der Waals surface area contributed by atoms with Gasteiger partial charge in [0.05, 0.1) is 5.56 Å². The summed E-state index contributed by atoms with van der Waals surface area (Å²) in [4.78, 5) is 18.3. The number of rotatable bonds is 7. The summed E-state index contributed by atoms with van der Waals surface area (Å²) in [5.74, 6) is -1.12. The van der Waals surface area contributed by atoms with Crippen molar-refractivity contribution >= 4 is 11.6 Å². The number of alkyl halides is 3. The Hall–Kier alpha value is -3.26. The molecule has 4 nitrogen and oxygen atoms in total. The first kappa shape index (κ1) is 23.4. The van der Waals surface area contributed by atoms with E-state index in [0.717, 1.165) is 36.4 Å². The van der Waals surface area contributed by atoms with E-state index in [2.05, 4.69) is 4.98 Å².